The lowest BCUT2D eigenvalue weighted by molar-refractivity contribution is 0.602. The molecule has 0 saturated carbocycles. The molecule has 94 valence electrons. The Morgan fingerprint density at radius 2 is 1.41 bits per heavy atom. The summed E-state index contributed by atoms with van der Waals surface area (Å²) in [5.41, 5.74) is 1.07. The van der Waals surface area contributed by atoms with Crippen LogP contribution >= 0.6 is 34.5 Å². The first-order valence-electron chi connectivity index (χ1n) is 4.85. The fourth-order valence-corrected chi connectivity index (χ4v) is 6.93. The lowest BCUT2D eigenvalue weighted by Gasteiger charge is -1.96. The van der Waals surface area contributed by atoms with Crippen LogP contribution in [0.25, 0.3) is 0 Å². The van der Waals surface area contributed by atoms with Crippen molar-refractivity contribution in [1.82, 2.24) is 0 Å². The minimum atomic E-state index is -3.02. The van der Waals surface area contributed by atoms with E-state index in [1.165, 1.54) is 6.26 Å². The summed E-state index contributed by atoms with van der Waals surface area (Å²) < 4.78 is 26.6. The quantitative estimate of drug-likeness (QED) is 0.568. The molecule has 17 heavy (non-hydrogen) atoms. The summed E-state index contributed by atoms with van der Waals surface area (Å²) in [4.78, 5) is 0.378. The topological polar surface area (TPSA) is 34.1 Å². The highest BCUT2D eigenvalue weighted by atomic mass is 128. The van der Waals surface area contributed by atoms with Crippen LogP contribution in [0.4, 0.5) is 0 Å². The van der Waals surface area contributed by atoms with Crippen LogP contribution in [0.1, 0.15) is 5.56 Å². The highest BCUT2D eigenvalue weighted by Gasteiger charge is 2.04. The van der Waals surface area contributed by atoms with Gasteiger partial charge in [0.25, 0.3) is 0 Å². The molecule has 0 unspecified atom stereocenters. The zero-order valence-electron chi connectivity index (χ0n) is 9.60. The summed E-state index contributed by atoms with van der Waals surface area (Å²) in [6, 6.07) is 6.81. The van der Waals surface area contributed by atoms with Crippen molar-refractivity contribution < 1.29 is 8.42 Å². The second-order valence-electron chi connectivity index (χ2n) is 3.39. The Kier molecular flexibility index (Phi) is 6.71. The first-order chi connectivity index (χ1) is 8.00. The number of halogens is 2. The van der Waals surface area contributed by atoms with Gasteiger partial charge in [-0.2, -0.15) is 0 Å². The van der Waals surface area contributed by atoms with Gasteiger partial charge in [0.2, 0.25) is 0 Å². The Hall–Kier alpha value is 0.110. The van der Waals surface area contributed by atoms with E-state index in [4.69, 9.17) is 0 Å². The lowest BCUT2D eigenvalue weighted by atomic mass is 10.2. The molecule has 0 aliphatic carbocycles. The molecule has 0 fully saturated rings. The van der Waals surface area contributed by atoms with E-state index in [9.17, 15) is 8.42 Å². The largest absolute Gasteiger partial charge is 0.224 e. The van der Waals surface area contributed by atoms with Gasteiger partial charge in [-0.25, -0.2) is 8.42 Å². The van der Waals surface area contributed by atoms with Gasteiger partial charge in [0.1, 0.15) is 0 Å². The van der Waals surface area contributed by atoms with E-state index in [1.807, 2.05) is 6.92 Å². The van der Waals surface area contributed by atoms with Gasteiger partial charge >= 0.3 is 0 Å². The van der Waals surface area contributed by atoms with Crippen LogP contribution in [0.15, 0.2) is 49.5 Å². The molecule has 0 bridgehead atoms. The van der Waals surface area contributed by atoms with Crippen LogP contribution in [0.2, 0.25) is 0 Å². The average Bonchev–Trinajstić information content (AvgIpc) is 2.31. The average molecular weight is 476 g/mol. The fourth-order valence-electron chi connectivity index (χ4n) is 0.979. The Labute approximate surface area is 120 Å². The summed E-state index contributed by atoms with van der Waals surface area (Å²) in [7, 11) is -3.02. The van der Waals surface area contributed by atoms with Crippen molar-refractivity contribution >= 4 is 44.3 Å². The van der Waals surface area contributed by atoms with E-state index >= 15 is 0 Å². The maximum atomic E-state index is 10.9. The molecule has 0 atom stereocenters. The SMILES string of the molecule is C1=C[I][I]C=C1.Cc1ccc(S(C)(=O)=O)cc1. The van der Waals surface area contributed by atoms with Crippen LogP contribution in [-0.2, 0) is 9.84 Å². The molecular weight excluding hydrogens is 462 g/mol. The molecule has 0 saturated heterocycles. The van der Waals surface area contributed by atoms with Crippen LogP contribution in [-0.4, -0.2) is 14.7 Å². The molecule has 2 rings (SSSR count). The number of rotatable bonds is 1. The number of hydrogen-bond donors (Lipinski definition) is 0. The highest BCUT2D eigenvalue weighted by molar-refractivity contribution is 15.1. The van der Waals surface area contributed by atoms with Crippen LogP contribution < -0.4 is 0 Å². The van der Waals surface area contributed by atoms with Gasteiger partial charge in [-0.3, -0.25) is 0 Å². The highest BCUT2D eigenvalue weighted by Crippen LogP contribution is 2.42. The third-order valence-corrected chi connectivity index (χ3v) is 10.1. The second-order valence-corrected chi connectivity index (χ2v) is 14.1. The minimum Gasteiger partial charge on any atom is -0.224 e. The molecule has 0 spiro atoms. The van der Waals surface area contributed by atoms with Gasteiger partial charge in [-0.1, -0.05) is 64.3 Å². The normalized spacial score (nSPS) is 14.0. The fraction of sp³-hybridized carbons (Fsp3) is 0.167. The predicted molar refractivity (Wildman–Crippen MR) is 90.6 cm³/mol. The molecule has 0 amide bonds. The summed E-state index contributed by atoms with van der Waals surface area (Å²) in [5, 5.41) is 0. The van der Waals surface area contributed by atoms with Crippen LogP contribution in [0.3, 0.4) is 0 Å². The zero-order valence-corrected chi connectivity index (χ0v) is 14.7. The van der Waals surface area contributed by atoms with Crippen molar-refractivity contribution in [2.75, 3.05) is 6.26 Å². The molecule has 5 heteroatoms. The van der Waals surface area contributed by atoms with Gasteiger partial charge in [0.05, 0.1) is 4.90 Å². The first-order valence-corrected chi connectivity index (χ1v) is 15.5. The summed E-state index contributed by atoms with van der Waals surface area (Å²) in [5.74, 6) is 0. The Morgan fingerprint density at radius 1 is 0.941 bits per heavy atom. The predicted octanol–water partition coefficient (Wildman–Crippen LogP) is 4.28. The van der Waals surface area contributed by atoms with E-state index in [1.54, 1.807) is 24.3 Å². The van der Waals surface area contributed by atoms with Crippen LogP contribution in [0, 0.1) is 6.92 Å². The first kappa shape index (κ1) is 15.2. The molecule has 1 heterocycles. The van der Waals surface area contributed by atoms with E-state index in [0.29, 0.717) is 39.4 Å². The van der Waals surface area contributed by atoms with Crippen molar-refractivity contribution in [1.29, 1.82) is 0 Å². The molecule has 2 radical (unpaired) electrons. The molecular formula is C12H14I2O2S. The minimum absolute atomic E-state index is 0.378. The van der Waals surface area contributed by atoms with Gasteiger partial charge in [0, 0.05) is 6.26 Å². The number of hydrogen-bond acceptors (Lipinski definition) is 2. The smallest absolute Gasteiger partial charge is 0.175 e. The molecule has 1 aromatic carbocycles. The number of allylic oxidation sites excluding steroid dienone is 2. The maximum absolute atomic E-state index is 10.9. The second kappa shape index (κ2) is 7.52. The van der Waals surface area contributed by atoms with Gasteiger partial charge in [-0.05, 0) is 27.2 Å². The van der Waals surface area contributed by atoms with Crippen molar-refractivity contribution in [3.63, 3.8) is 0 Å². The van der Waals surface area contributed by atoms with Gasteiger partial charge in [-0.15, -0.1) is 0 Å². The van der Waals surface area contributed by atoms with E-state index in [2.05, 4.69) is 20.3 Å². The van der Waals surface area contributed by atoms with E-state index in [-0.39, 0.29) is 0 Å². The maximum Gasteiger partial charge on any atom is 0.175 e. The van der Waals surface area contributed by atoms with Crippen molar-refractivity contribution in [2.24, 2.45) is 0 Å². The van der Waals surface area contributed by atoms with Crippen LogP contribution in [0.5, 0.6) is 0 Å². The molecule has 0 aromatic heterocycles. The van der Waals surface area contributed by atoms with Crippen molar-refractivity contribution in [2.45, 2.75) is 11.8 Å². The van der Waals surface area contributed by atoms with Crippen molar-refractivity contribution in [3.8, 4) is 0 Å². The number of aryl methyl sites for hydroxylation is 1. The molecule has 1 aliphatic heterocycles. The molecule has 1 aliphatic rings. The van der Waals surface area contributed by atoms with Gasteiger partial charge < -0.3 is 0 Å². The summed E-state index contributed by atoms with van der Waals surface area (Å²) in [6.07, 6.45) is 5.53. The molecule has 2 nitrogen and oxygen atoms in total. The number of benzene rings is 1. The van der Waals surface area contributed by atoms with E-state index in [0.717, 1.165) is 5.56 Å². The standard InChI is InChI=1S/C8H10O2S.C4H4I2/c1-7-3-5-8(6-4-7)11(2,9)10;1-2-4-6-5-3-1/h3-6H,1-2H3;1-4H. The molecule has 1 aromatic rings. The zero-order chi connectivity index (χ0) is 12.7. The monoisotopic (exact) mass is 476 g/mol. The van der Waals surface area contributed by atoms with Crippen molar-refractivity contribution in [3.05, 3.63) is 50.1 Å². The molecule has 0 N–H and O–H groups in total. The summed E-state index contributed by atoms with van der Waals surface area (Å²) >= 11 is 1.11. The summed E-state index contributed by atoms with van der Waals surface area (Å²) in [6.45, 7) is 1.92. The van der Waals surface area contributed by atoms with Gasteiger partial charge in [0.15, 0.2) is 9.84 Å². The number of sulfone groups is 1. The van der Waals surface area contributed by atoms with E-state index < -0.39 is 9.84 Å². The lowest BCUT2D eigenvalue weighted by Crippen LogP contribution is -1.95. The Bertz CT molecular complexity index is 490. The third kappa shape index (κ3) is 6.56. The Morgan fingerprint density at radius 3 is 1.71 bits per heavy atom. The Balaban J connectivity index is 0.000000202. The third-order valence-electron chi connectivity index (χ3n) is 1.85.